The monoisotopic (exact) mass is 300 g/mol. The third-order valence-corrected chi connectivity index (χ3v) is 4.85. The lowest BCUT2D eigenvalue weighted by molar-refractivity contribution is -0.136. The Bertz CT molecular complexity index is 570. The van der Waals surface area contributed by atoms with Crippen LogP contribution in [0.4, 0.5) is 5.69 Å². The molecule has 22 heavy (non-hydrogen) atoms. The van der Waals surface area contributed by atoms with Crippen molar-refractivity contribution in [2.45, 2.75) is 38.5 Å². The molecular formula is C18H24N2O2. The van der Waals surface area contributed by atoms with Gasteiger partial charge in [0.25, 0.3) is 0 Å². The van der Waals surface area contributed by atoms with E-state index in [1.54, 1.807) is 4.90 Å². The van der Waals surface area contributed by atoms with Crippen molar-refractivity contribution in [2.24, 2.45) is 5.92 Å². The average Bonchev–Trinajstić information content (AvgIpc) is 2.70. The number of likely N-dealkylation sites (tertiary alicyclic amines) is 1. The molecule has 0 spiro atoms. The number of fused-ring (bicyclic) bond motifs is 1. The molecule has 2 heterocycles. The molecule has 2 aliphatic rings. The van der Waals surface area contributed by atoms with Gasteiger partial charge < -0.3 is 9.80 Å². The van der Waals surface area contributed by atoms with E-state index in [9.17, 15) is 9.59 Å². The number of benzene rings is 1. The quantitative estimate of drug-likeness (QED) is 0.842. The number of aryl methyl sites for hydroxylation is 1. The highest BCUT2D eigenvalue weighted by molar-refractivity contribution is 5.97. The fraction of sp³-hybridized carbons (Fsp3) is 0.556. The van der Waals surface area contributed by atoms with Gasteiger partial charge in [0.05, 0.1) is 0 Å². The molecule has 4 heteroatoms. The number of nitrogens with zero attached hydrogens (tertiary/aromatic N) is 2. The SMILES string of the molecule is CN1CCCCC(CC(=O)N2CCCc3ccccc32)C1=O. The van der Waals surface area contributed by atoms with Gasteiger partial charge in [0.15, 0.2) is 0 Å². The molecule has 0 saturated carbocycles. The number of amides is 2. The van der Waals surface area contributed by atoms with Crippen molar-refractivity contribution in [1.29, 1.82) is 0 Å². The lowest BCUT2D eigenvalue weighted by atomic mass is 9.96. The highest BCUT2D eigenvalue weighted by atomic mass is 16.2. The molecule has 0 bridgehead atoms. The molecule has 1 aromatic carbocycles. The zero-order valence-electron chi connectivity index (χ0n) is 13.3. The highest BCUT2D eigenvalue weighted by Crippen LogP contribution is 2.29. The van der Waals surface area contributed by atoms with Crippen molar-refractivity contribution in [3.8, 4) is 0 Å². The first-order valence-electron chi connectivity index (χ1n) is 8.30. The Morgan fingerprint density at radius 2 is 2.00 bits per heavy atom. The fourth-order valence-electron chi connectivity index (χ4n) is 3.59. The molecule has 3 rings (SSSR count). The van der Waals surface area contributed by atoms with Crippen molar-refractivity contribution < 1.29 is 9.59 Å². The summed E-state index contributed by atoms with van der Waals surface area (Å²) in [5.41, 5.74) is 2.28. The summed E-state index contributed by atoms with van der Waals surface area (Å²) in [7, 11) is 1.85. The van der Waals surface area contributed by atoms with Gasteiger partial charge in [-0.2, -0.15) is 0 Å². The molecule has 2 amide bonds. The number of hydrogen-bond donors (Lipinski definition) is 0. The predicted octanol–water partition coefficient (Wildman–Crippen LogP) is 2.61. The molecule has 0 radical (unpaired) electrons. The van der Waals surface area contributed by atoms with Crippen LogP contribution in [0, 0.1) is 5.92 Å². The van der Waals surface area contributed by atoms with Gasteiger partial charge in [-0.15, -0.1) is 0 Å². The van der Waals surface area contributed by atoms with Crippen LogP contribution in [0.2, 0.25) is 0 Å². The Labute approximate surface area is 132 Å². The number of para-hydroxylation sites is 1. The minimum absolute atomic E-state index is 0.0980. The van der Waals surface area contributed by atoms with Gasteiger partial charge in [-0.05, 0) is 37.3 Å². The topological polar surface area (TPSA) is 40.6 Å². The normalized spacial score (nSPS) is 22.2. The summed E-state index contributed by atoms with van der Waals surface area (Å²) in [4.78, 5) is 28.8. The molecule has 1 aromatic rings. The van der Waals surface area contributed by atoms with E-state index in [-0.39, 0.29) is 17.7 Å². The van der Waals surface area contributed by atoms with E-state index in [1.165, 1.54) is 5.56 Å². The molecular weight excluding hydrogens is 276 g/mol. The Balaban J connectivity index is 1.73. The molecule has 1 unspecified atom stereocenters. The largest absolute Gasteiger partial charge is 0.346 e. The van der Waals surface area contributed by atoms with E-state index < -0.39 is 0 Å². The smallest absolute Gasteiger partial charge is 0.227 e. The Kier molecular flexibility index (Phi) is 4.46. The molecule has 1 saturated heterocycles. The van der Waals surface area contributed by atoms with Crippen LogP contribution in [-0.2, 0) is 16.0 Å². The standard InChI is InChI=1S/C18H24N2O2/c1-19-11-5-4-8-15(18(19)22)13-17(21)20-12-6-9-14-7-2-3-10-16(14)20/h2-3,7,10,15H,4-6,8-9,11-13H2,1H3. The van der Waals surface area contributed by atoms with Crippen molar-refractivity contribution in [3.63, 3.8) is 0 Å². The van der Waals surface area contributed by atoms with E-state index in [4.69, 9.17) is 0 Å². The first-order valence-corrected chi connectivity index (χ1v) is 8.30. The van der Waals surface area contributed by atoms with Crippen LogP contribution in [0.3, 0.4) is 0 Å². The molecule has 0 aromatic heterocycles. The van der Waals surface area contributed by atoms with Crippen molar-refractivity contribution in [3.05, 3.63) is 29.8 Å². The van der Waals surface area contributed by atoms with Crippen LogP contribution in [-0.4, -0.2) is 36.9 Å². The number of anilines is 1. The summed E-state index contributed by atoms with van der Waals surface area (Å²) in [5, 5.41) is 0. The molecule has 118 valence electrons. The Morgan fingerprint density at radius 3 is 2.86 bits per heavy atom. The van der Waals surface area contributed by atoms with E-state index >= 15 is 0 Å². The lowest BCUT2D eigenvalue weighted by Crippen LogP contribution is -2.39. The average molecular weight is 300 g/mol. The lowest BCUT2D eigenvalue weighted by Gasteiger charge is -2.30. The maximum atomic E-state index is 12.7. The van der Waals surface area contributed by atoms with Gasteiger partial charge >= 0.3 is 0 Å². The van der Waals surface area contributed by atoms with Crippen LogP contribution in [0.25, 0.3) is 0 Å². The van der Waals surface area contributed by atoms with Crippen molar-refractivity contribution in [2.75, 3.05) is 25.0 Å². The van der Waals surface area contributed by atoms with Gasteiger partial charge in [-0.25, -0.2) is 0 Å². The number of hydrogen-bond acceptors (Lipinski definition) is 2. The minimum Gasteiger partial charge on any atom is -0.346 e. The van der Waals surface area contributed by atoms with Crippen LogP contribution >= 0.6 is 0 Å². The fourth-order valence-corrected chi connectivity index (χ4v) is 3.59. The van der Waals surface area contributed by atoms with E-state index in [0.717, 1.165) is 50.9 Å². The van der Waals surface area contributed by atoms with Crippen molar-refractivity contribution >= 4 is 17.5 Å². The predicted molar refractivity (Wildman–Crippen MR) is 86.7 cm³/mol. The van der Waals surface area contributed by atoms with E-state index in [1.807, 2.05) is 30.1 Å². The second-order valence-corrected chi connectivity index (χ2v) is 6.43. The second kappa shape index (κ2) is 6.51. The van der Waals surface area contributed by atoms with Gasteiger partial charge in [0.2, 0.25) is 11.8 Å². The minimum atomic E-state index is -0.144. The Hall–Kier alpha value is -1.84. The van der Waals surface area contributed by atoms with Gasteiger partial charge in [-0.3, -0.25) is 9.59 Å². The van der Waals surface area contributed by atoms with E-state index in [2.05, 4.69) is 6.07 Å². The van der Waals surface area contributed by atoms with Gasteiger partial charge in [0, 0.05) is 38.2 Å². The number of carbonyl (C=O) groups excluding carboxylic acids is 2. The third kappa shape index (κ3) is 3.01. The second-order valence-electron chi connectivity index (χ2n) is 6.43. The molecule has 0 N–H and O–H groups in total. The number of carbonyl (C=O) groups is 2. The van der Waals surface area contributed by atoms with Gasteiger partial charge in [0.1, 0.15) is 0 Å². The van der Waals surface area contributed by atoms with E-state index in [0.29, 0.717) is 6.42 Å². The zero-order valence-corrected chi connectivity index (χ0v) is 13.3. The maximum absolute atomic E-state index is 12.7. The van der Waals surface area contributed by atoms with Crippen LogP contribution in [0.1, 0.15) is 37.7 Å². The van der Waals surface area contributed by atoms with Gasteiger partial charge in [-0.1, -0.05) is 24.6 Å². The summed E-state index contributed by atoms with van der Waals surface area (Å²) >= 11 is 0. The summed E-state index contributed by atoms with van der Waals surface area (Å²) < 4.78 is 0. The van der Waals surface area contributed by atoms with Crippen LogP contribution < -0.4 is 4.90 Å². The first-order chi connectivity index (χ1) is 10.7. The van der Waals surface area contributed by atoms with Crippen LogP contribution in [0.5, 0.6) is 0 Å². The van der Waals surface area contributed by atoms with Crippen LogP contribution in [0.15, 0.2) is 24.3 Å². The van der Waals surface area contributed by atoms with Crippen molar-refractivity contribution in [1.82, 2.24) is 4.90 Å². The highest BCUT2D eigenvalue weighted by Gasteiger charge is 2.30. The summed E-state index contributed by atoms with van der Waals surface area (Å²) in [6, 6.07) is 8.12. The number of rotatable bonds is 2. The molecule has 2 aliphatic heterocycles. The molecule has 4 nitrogen and oxygen atoms in total. The summed E-state index contributed by atoms with van der Waals surface area (Å²) in [5.74, 6) is 0.0889. The maximum Gasteiger partial charge on any atom is 0.227 e. The Morgan fingerprint density at radius 1 is 1.18 bits per heavy atom. The molecule has 1 atom stereocenters. The summed E-state index contributed by atoms with van der Waals surface area (Å²) in [6.45, 7) is 1.59. The third-order valence-electron chi connectivity index (χ3n) is 4.85. The molecule has 1 fully saturated rings. The zero-order chi connectivity index (χ0) is 15.5. The first kappa shape index (κ1) is 15.1. The summed E-state index contributed by atoms with van der Waals surface area (Å²) in [6.07, 6.45) is 5.29. The molecule has 0 aliphatic carbocycles.